The van der Waals surface area contributed by atoms with Crippen molar-refractivity contribution in [3.8, 4) is 11.8 Å². The lowest BCUT2D eigenvalue weighted by molar-refractivity contribution is -0.149. The van der Waals surface area contributed by atoms with E-state index in [2.05, 4.69) is 27.3 Å². The van der Waals surface area contributed by atoms with Crippen LogP contribution in [0.4, 0.5) is 0 Å². The molecular formula is C18H21BrN2O4. The highest BCUT2D eigenvalue weighted by Gasteiger charge is 2.35. The van der Waals surface area contributed by atoms with Crippen molar-refractivity contribution >= 4 is 27.8 Å². The highest BCUT2D eigenvalue weighted by Crippen LogP contribution is 2.28. The Labute approximate surface area is 155 Å². The van der Waals surface area contributed by atoms with Crippen LogP contribution in [0.15, 0.2) is 28.7 Å². The summed E-state index contributed by atoms with van der Waals surface area (Å²) >= 11 is 3.36. The lowest BCUT2D eigenvalue weighted by atomic mass is 10.00. The Morgan fingerprint density at radius 3 is 2.76 bits per heavy atom. The number of ether oxygens (including phenoxy) is 2. The van der Waals surface area contributed by atoms with Gasteiger partial charge in [0.25, 0.3) is 5.91 Å². The lowest BCUT2D eigenvalue weighted by Gasteiger charge is -2.21. The number of carbonyl (C=O) groups is 2. The average Bonchev–Trinajstić information content (AvgIpc) is 3.06. The van der Waals surface area contributed by atoms with Gasteiger partial charge in [0.1, 0.15) is 11.3 Å². The first-order valence-electron chi connectivity index (χ1n) is 8.29. The van der Waals surface area contributed by atoms with Crippen molar-refractivity contribution in [3.63, 3.8) is 0 Å². The smallest absolute Gasteiger partial charge is 0.306 e. The van der Waals surface area contributed by atoms with Gasteiger partial charge in [-0.3, -0.25) is 9.59 Å². The molecule has 1 aromatic rings. The van der Waals surface area contributed by atoms with Crippen molar-refractivity contribution in [1.82, 2.24) is 5.32 Å². The zero-order chi connectivity index (χ0) is 18.1. The maximum atomic E-state index is 11.8. The van der Waals surface area contributed by atoms with Crippen LogP contribution in [0, 0.1) is 11.3 Å². The summed E-state index contributed by atoms with van der Waals surface area (Å²) in [5, 5.41) is 11.9. The van der Waals surface area contributed by atoms with Gasteiger partial charge in [0, 0.05) is 10.9 Å². The van der Waals surface area contributed by atoms with Gasteiger partial charge in [0.05, 0.1) is 12.7 Å². The number of amides is 1. The fourth-order valence-electron chi connectivity index (χ4n) is 2.73. The third-order valence-corrected chi connectivity index (χ3v) is 4.50. The van der Waals surface area contributed by atoms with Gasteiger partial charge in [-0.05, 0) is 50.3 Å². The zero-order valence-corrected chi connectivity index (χ0v) is 15.5. The topological polar surface area (TPSA) is 88.4 Å². The van der Waals surface area contributed by atoms with Gasteiger partial charge in [0.2, 0.25) is 0 Å². The maximum absolute atomic E-state index is 11.8. The van der Waals surface area contributed by atoms with Crippen molar-refractivity contribution in [1.29, 1.82) is 5.26 Å². The van der Waals surface area contributed by atoms with Crippen molar-refractivity contribution < 1.29 is 19.1 Å². The summed E-state index contributed by atoms with van der Waals surface area (Å²) in [4.78, 5) is 23.5. The first-order valence-corrected chi connectivity index (χ1v) is 9.09. The van der Waals surface area contributed by atoms with Crippen molar-refractivity contribution in [2.45, 2.75) is 44.1 Å². The summed E-state index contributed by atoms with van der Waals surface area (Å²) in [5.41, 5.74) is -0.790. The predicted molar refractivity (Wildman–Crippen MR) is 94.8 cm³/mol. The van der Waals surface area contributed by atoms with E-state index in [0.29, 0.717) is 25.9 Å². The van der Waals surface area contributed by atoms with Crippen LogP contribution in [-0.4, -0.2) is 30.6 Å². The molecule has 1 fully saturated rings. The molecule has 2 rings (SSSR count). The first kappa shape index (κ1) is 19.3. The molecule has 0 saturated heterocycles. The summed E-state index contributed by atoms with van der Waals surface area (Å²) in [5.74, 6) is -0.159. The number of nitrogens with zero attached hydrogens (tertiary/aromatic N) is 1. The molecule has 7 heteroatoms. The van der Waals surface area contributed by atoms with Gasteiger partial charge in [-0.2, -0.15) is 5.26 Å². The molecule has 0 aromatic heterocycles. The van der Waals surface area contributed by atoms with Crippen LogP contribution in [0.3, 0.4) is 0 Å². The highest BCUT2D eigenvalue weighted by atomic mass is 79.9. The fourth-order valence-corrected chi connectivity index (χ4v) is 3.11. The Hall–Kier alpha value is -2.07. The second-order valence-corrected chi connectivity index (χ2v) is 6.93. The van der Waals surface area contributed by atoms with Crippen LogP contribution < -0.4 is 10.1 Å². The number of nitriles is 1. The Morgan fingerprint density at radius 2 is 2.08 bits per heavy atom. The van der Waals surface area contributed by atoms with E-state index in [4.69, 9.17) is 9.47 Å². The molecule has 1 aliphatic carbocycles. The molecule has 1 N–H and O–H groups in total. The monoisotopic (exact) mass is 408 g/mol. The van der Waals surface area contributed by atoms with E-state index in [-0.39, 0.29) is 13.0 Å². The second-order valence-electron chi connectivity index (χ2n) is 6.02. The molecule has 25 heavy (non-hydrogen) atoms. The number of halogens is 1. The SMILES string of the molecule is N#CC1(NC(=O)COC(=O)CCCOc2cccc(Br)c2)CCCC1. The Bertz CT molecular complexity index is 651. The molecule has 0 aliphatic heterocycles. The van der Waals surface area contributed by atoms with E-state index in [1.54, 1.807) is 0 Å². The van der Waals surface area contributed by atoms with Gasteiger partial charge in [0.15, 0.2) is 6.61 Å². The van der Waals surface area contributed by atoms with Crippen LogP contribution in [0.1, 0.15) is 38.5 Å². The molecule has 0 bridgehead atoms. The van der Waals surface area contributed by atoms with Crippen molar-refractivity contribution in [2.75, 3.05) is 13.2 Å². The Kier molecular flexibility index (Phi) is 7.26. The van der Waals surface area contributed by atoms with Crippen molar-refractivity contribution in [2.24, 2.45) is 0 Å². The minimum Gasteiger partial charge on any atom is -0.494 e. The minimum atomic E-state index is -0.790. The van der Waals surface area contributed by atoms with E-state index >= 15 is 0 Å². The summed E-state index contributed by atoms with van der Waals surface area (Å²) in [6.45, 7) is 0.0318. The van der Waals surface area contributed by atoms with Crippen LogP contribution in [0.25, 0.3) is 0 Å². The number of benzene rings is 1. The molecule has 1 saturated carbocycles. The third-order valence-electron chi connectivity index (χ3n) is 4.00. The number of esters is 1. The second kappa shape index (κ2) is 9.42. The predicted octanol–water partition coefficient (Wildman–Crippen LogP) is 3.10. The van der Waals surface area contributed by atoms with Crippen LogP contribution in [-0.2, 0) is 14.3 Å². The molecule has 0 atom stereocenters. The van der Waals surface area contributed by atoms with Crippen LogP contribution >= 0.6 is 15.9 Å². The van der Waals surface area contributed by atoms with E-state index in [1.165, 1.54) is 0 Å². The third kappa shape index (κ3) is 6.39. The number of nitrogens with one attached hydrogen (secondary N) is 1. The molecule has 1 aromatic carbocycles. The normalized spacial score (nSPS) is 15.2. The lowest BCUT2D eigenvalue weighted by Crippen LogP contribution is -2.46. The fraction of sp³-hybridized carbons (Fsp3) is 0.500. The Balaban J connectivity index is 1.60. The van der Waals surface area contributed by atoms with Crippen molar-refractivity contribution in [3.05, 3.63) is 28.7 Å². The largest absolute Gasteiger partial charge is 0.494 e. The molecular weight excluding hydrogens is 388 g/mol. The van der Waals surface area contributed by atoms with Gasteiger partial charge < -0.3 is 14.8 Å². The molecule has 0 unspecified atom stereocenters. The molecule has 1 amide bonds. The quantitative estimate of drug-likeness (QED) is 0.527. The average molecular weight is 409 g/mol. The number of hydrogen-bond donors (Lipinski definition) is 1. The summed E-state index contributed by atoms with van der Waals surface area (Å²) < 4.78 is 11.4. The molecule has 0 radical (unpaired) electrons. The van der Waals surface area contributed by atoms with E-state index in [9.17, 15) is 14.9 Å². The first-order chi connectivity index (χ1) is 12.0. The molecule has 134 valence electrons. The molecule has 0 heterocycles. The van der Waals surface area contributed by atoms with Gasteiger partial charge in [-0.25, -0.2) is 0 Å². The zero-order valence-electron chi connectivity index (χ0n) is 13.9. The number of hydrogen-bond acceptors (Lipinski definition) is 5. The van der Waals surface area contributed by atoms with Gasteiger partial charge in [-0.1, -0.05) is 22.0 Å². The van der Waals surface area contributed by atoms with Gasteiger partial charge in [-0.15, -0.1) is 0 Å². The van der Waals surface area contributed by atoms with E-state index < -0.39 is 17.4 Å². The molecule has 1 aliphatic rings. The van der Waals surface area contributed by atoms with Crippen LogP contribution in [0.5, 0.6) is 5.75 Å². The highest BCUT2D eigenvalue weighted by molar-refractivity contribution is 9.10. The van der Waals surface area contributed by atoms with E-state index in [0.717, 1.165) is 23.1 Å². The number of rotatable bonds is 8. The van der Waals surface area contributed by atoms with Gasteiger partial charge >= 0.3 is 5.97 Å². The summed E-state index contributed by atoms with van der Waals surface area (Å²) in [7, 11) is 0. The summed E-state index contributed by atoms with van der Waals surface area (Å²) in [6, 6.07) is 9.61. The van der Waals surface area contributed by atoms with Crippen LogP contribution in [0.2, 0.25) is 0 Å². The minimum absolute atomic E-state index is 0.171. The molecule has 0 spiro atoms. The Morgan fingerprint density at radius 1 is 1.32 bits per heavy atom. The standard InChI is InChI=1S/C18H21BrN2O4/c19-14-5-3-6-15(11-14)24-10-4-7-17(23)25-12-16(22)21-18(13-20)8-1-2-9-18/h3,5-6,11H,1-2,4,7-10,12H2,(H,21,22). The number of carbonyl (C=O) groups excluding carboxylic acids is 2. The maximum Gasteiger partial charge on any atom is 0.306 e. The summed E-state index contributed by atoms with van der Waals surface area (Å²) in [6.07, 6.45) is 3.81. The molecule has 6 nitrogen and oxygen atoms in total. The van der Waals surface area contributed by atoms with E-state index in [1.807, 2.05) is 24.3 Å².